The number of benzene rings is 1. The van der Waals surface area contributed by atoms with Crippen molar-refractivity contribution in [1.82, 2.24) is 4.31 Å². The second-order valence-corrected chi connectivity index (χ2v) is 6.41. The topological polar surface area (TPSA) is 63.4 Å². The van der Waals surface area contributed by atoms with E-state index in [1.54, 1.807) is 26.0 Å². The van der Waals surface area contributed by atoms with Crippen molar-refractivity contribution in [3.8, 4) is 0 Å². The van der Waals surface area contributed by atoms with E-state index in [9.17, 15) is 12.8 Å². The molecule has 0 heterocycles. The predicted molar refractivity (Wildman–Crippen MR) is 69.9 cm³/mol. The summed E-state index contributed by atoms with van der Waals surface area (Å²) >= 11 is 0. The van der Waals surface area contributed by atoms with Crippen LogP contribution in [-0.4, -0.2) is 31.1 Å². The average molecular weight is 274 g/mol. The molecule has 4 nitrogen and oxygen atoms in total. The van der Waals surface area contributed by atoms with Crippen molar-refractivity contribution in [2.45, 2.75) is 26.4 Å². The normalized spacial score (nSPS) is 12.3. The molecule has 0 bridgehead atoms. The van der Waals surface area contributed by atoms with Crippen LogP contribution in [0.4, 0.5) is 4.39 Å². The lowest BCUT2D eigenvalue weighted by atomic mass is 10.2. The van der Waals surface area contributed by atoms with Crippen LogP contribution >= 0.6 is 0 Å². The molecule has 18 heavy (non-hydrogen) atoms. The minimum Gasteiger partial charge on any atom is -0.329 e. The van der Waals surface area contributed by atoms with Crippen LogP contribution in [0.15, 0.2) is 24.3 Å². The number of halogens is 1. The van der Waals surface area contributed by atoms with Gasteiger partial charge in [0.15, 0.2) is 0 Å². The first-order valence-electron chi connectivity index (χ1n) is 5.81. The highest BCUT2D eigenvalue weighted by Gasteiger charge is 2.24. The molecular formula is C12H19FN2O2S. The Morgan fingerprint density at radius 2 is 1.83 bits per heavy atom. The Morgan fingerprint density at radius 3 is 2.28 bits per heavy atom. The summed E-state index contributed by atoms with van der Waals surface area (Å²) in [5, 5.41) is 0. The third kappa shape index (κ3) is 4.04. The van der Waals surface area contributed by atoms with Crippen molar-refractivity contribution in [2.24, 2.45) is 5.73 Å². The van der Waals surface area contributed by atoms with Crippen molar-refractivity contribution in [3.63, 3.8) is 0 Å². The van der Waals surface area contributed by atoms with Gasteiger partial charge < -0.3 is 5.73 Å². The maximum Gasteiger partial charge on any atom is 0.215 e. The van der Waals surface area contributed by atoms with Crippen molar-refractivity contribution in [2.75, 3.05) is 12.3 Å². The Hall–Kier alpha value is -0.980. The van der Waals surface area contributed by atoms with Crippen molar-refractivity contribution in [3.05, 3.63) is 35.6 Å². The fourth-order valence-electron chi connectivity index (χ4n) is 1.64. The van der Waals surface area contributed by atoms with Crippen molar-refractivity contribution < 1.29 is 12.8 Å². The summed E-state index contributed by atoms with van der Waals surface area (Å²) in [6.07, 6.45) is 0. The average Bonchev–Trinajstić information content (AvgIpc) is 2.27. The minimum atomic E-state index is -3.37. The van der Waals surface area contributed by atoms with E-state index in [1.165, 1.54) is 16.4 Å². The van der Waals surface area contributed by atoms with Crippen LogP contribution in [0.25, 0.3) is 0 Å². The van der Waals surface area contributed by atoms with E-state index in [0.29, 0.717) is 0 Å². The smallest absolute Gasteiger partial charge is 0.215 e. The van der Waals surface area contributed by atoms with E-state index in [1.807, 2.05) is 0 Å². The summed E-state index contributed by atoms with van der Waals surface area (Å²) in [5.74, 6) is -0.411. The molecule has 0 aliphatic carbocycles. The van der Waals surface area contributed by atoms with Gasteiger partial charge in [0, 0.05) is 19.1 Å². The molecule has 6 heteroatoms. The van der Waals surface area contributed by atoms with Crippen LogP contribution in [-0.2, 0) is 16.6 Å². The molecule has 0 unspecified atom stereocenters. The van der Waals surface area contributed by atoms with Gasteiger partial charge in [-0.05, 0) is 31.5 Å². The molecule has 0 aliphatic rings. The van der Waals surface area contributed by atoms with Gasteiger partial charge in [-0.15, -0.1) is 0 Å². The maximum absolute atomic E-state index is 12.8. The first-order valence-corrected chi connectivity index (χ1v) is 7.42. The SMILES string of the molecule is CC(C)N(Cc1ccc(F)cc1)S(=O)(=O)CCN. The molecule has 0 saturated carbocycles. The molecule has 0 spiro atoms. The van der Waals surface area contributed by atoms with Gasteiger partial charge >= 0.3 is 0 Å². The molecule has 0 saturated heterocycles. The molecule has 1 rings (SSSR count). The van der Waals surface area contributed by atoms with E-state index >= 15 is 0 Å². The second kappa shape index (κ2) is 6.26. The summed E-state index contributed by atoms with van der Waals surface area (Å²) < 4.78 is 38.2. The summed E-state index contributed by atoms with van der Waals surface area (Å²) in [6.45, 7) is 3.93. The Bertz CT molecular complexity index is 471. The van der Waals surface area contributed by atoms with Gasteiger partial charge in [0.2, 0.25) is 10.0 Å². The number of hydrogen-bond donors (Lipinski definition) is 1. The molecule has 0 radical (unpaired) electrons. The van der Waals surface area contributed by atoms with Crippen LogP contribution < -0.4 is 5.73 Å². The van der Waals surface area contributed by atoms with Crippen molar-refractivity contribution in [1.29, 1.82) is 0 Å². The Labute approximate surface area is 108 Å². The van der Waals surface area contributed by atoms with Gasteiger partial charge in [0.1, 0.15) is 5.82 Å². The quantitative estimate of drug-likeness (QED) is 0.851. The number of nitrogens with zero attached hydrogens (tertiary/aromatic N) is 1. The van der Waals surface area contributed by atoms with Crippen LogP contribution in [0.5, 0.6) is 0 Å². The summed E-state index contributed by atoms with van der Waals surface area (Å²) in [5.41, 5.74) is 6.07. The van der Waals surface area contributed by atoms with E-state index in [4.69, 9.17) is 5.73 Å². The summed E-state index contributed by atoms with van der Waals surface area (Å²) in [6, 6.07) is 5.66. The van der Waals surface area contributed by atoms with Crippen molar-refractivity contribution >= 4 is 10.0 Å². The first-order chi connectivity index (χ1) is 8.36. The summed E-state index contributed by atoms with van der Waals surface area (Å²) in [7, 11) is -3.37. The monoisotopic (exact) mass is 274 g/mol. The lowest BCUT2D eigenvalue weighted by molar-refractivity contribution is 0.348. The molecule has 0 atom stereocenters. The molecule has 0 amide bonds. The first kappa shape index (κ1) is 15.1. The van der Waals surface area contributed by atoms with Crippen LogP contribution in [0, 0.1) is 5.82 Å². The van der Waals surface area contributed by atoms with Crippen LogP contribution in [0.3, 0.4) is 0 Å². The number of hydrogen-bond acceptors (Lipinski definition) is 3. The molecule has 1 aromatic carbocycles. The zero-order valence-corrected chi connectivity index (χ0v) is 11.5. The molecular weight excluding hydrogens is 255 g/mol. The molecule has 0 fully saturated rings. The third-order valence-electron chi connectivity index (χ3n) is 2.56. The minimum absolute atomic E-state index is 0.0770. The lowest BCUT2D eigenvalue weighted by Gasteiger charge is -2.25. The number of sulfonamides is 1. The Morgan fingerprint density at radius 1 is 1.28 bits per heavy atom. The molecule has 2 N–H and O–H groups in total. The van der Waals surface area contributed by atoms with Gasteiger partial charge in [-0.2, -0.15) is 4.31 Å². The fraction of sp³-hybridized carbons (Fsp3) is 0.500. The summed E-state index contributed by atoms with van der Waals surface area (Å²) in [4.78, 5) is 0. The largest absolute Gasteiger partial charge is 0.329 e. The van der Waals surface area contributed by atoms with Gasteiger partial charge in [-0.25, -0.2) is 12.8 Å². The highest BCUT2D eigenvalue weighted by molar-refractivity contribution is 7.89. The second-order valence-electron chi connectivity index (χ2n) is 4.37. The maximum atomic E-state index is 12.8. The fourth-order valence-corrected chi connectivity index (χ4v) is 3.16. The molecule has 102 valence electrons. The van der Waals surface area contributed by atoms with Gasteiger partial charge in [-0.3, -0.25) is 0 Å². The zero-order valence-electron chi connectivity index (χ0n) is 10.6. The van der Waals surface area contributed by atoms with E-state index < -0.39 is 10.0 Å². The molecule has 1 aromatic rings. The number of rotatable bonds is 6. The predicted octanol–water partition coefficient (Wildman–Crippen LogP) is 1.32. The highest BCUT2D eigenvalue weighted by atomic mass is 32.2. The lowest BCUT2D eigenvalue weighted by Crippen LogP contribution is -2.39. The van der Waals surface area contributed by atoms with E-state index in [0.717, 1.165) is 5.56 Å². The van der Waals surface area contributed by atoms with E-state index in [2.05, 4.69) is 0 Å². The third-order valence-corrected chi connectivity index (χ3v) is 4.58. The molecule has 0 aromatic heterocycles. The van der Waals surface area contributed by atoms with Crippen LogP contribution in [0.1, 0.15) is 19.4 Å². The Kier molecular flexibility index (Phi) is 5.25. The van der Waals surface area contributed by atoms with Gasteiger partial charge in [0.05, 0.1) is 5.75 Å². The van der Waals surface area contributed by atoms with E-state index in [-0.39, 0.29) is 30.7 Å². The Balaban J connectivity index is 2.91. The molecule has 0 aliphatic heterocycles. The number of nitrogens with two attached hydrogens (primary N) is 1. The zero-order chi connectivity index (χ0) is 13.8. The standard InChI is InChI=1S/C12H19FN2O2S/c1-10(2)15(18(16,17)8-7-14)9-11-3-5-12(13)6-4-11/h3-6,10H,7-9,14H2,1-2H3. The van der Waals surface area contributed by atoms with Gasteiger partial charge in [0.25, 0.3) is 0 Å². The highest BCUT2D eigenvalue weighted by Crippen LogP contribution is 2.14. The van der Waals surface area contributed by atoms with Gasteiger partial charge in [-0.1, -0.05) is 12.1 Å². The van der Waals surface area contributed by atoms with Crippen LogP contribution in [0.2, 0.25) is 0 Å².